The molecule has 1 aromatic carbocycles. The lowest BCUT2D eigenvalue weighted by molar-refractivity contribution is -0.116. The number of nitrogen functional groups attached to an aromatic ring is 1. The lowest BCUT2D eigenvalue weighted by Crippen LogP contribution is -2.25. The SMILES string of the molecule is CCn1ccn(CCC(=O)Nc2cccc(N)c2)c1=O. The molecule has 106 valence electrons. The number of nitrogens with one attached hydrogen (secondary N) is 1. The van der Waals surface area contributed by atoms with Gasteiger partial charge in [0.05, 0.1) is 0 Å². The van der Waals surface area contributed by atoms with Crippen LogP contribution in [0.4, 0.5) is 11.4 Å². The topological polar surface area (TPSA) is 82.1 Å². The molecule has 2 aromatic rings. The minimum absolute atomic E-state index is 0.0933. The number of aromatic nitrogens is 2. The van der Waals surface area contributed by atoms with Crippen LogP contribution in [0.1, 0.15) is 13.3 Å². The number of imidazole rings is 1. The van der Waals surface area contributed by atoms with Crippen LogP contribution < -0.4 is 16.7 Å². The molecule has 0 saturated carbocycles. The molecule has 0 aliphatic carbocycles. The molecular formula is C14H18N4O2. The molecule has 0 bridgehead atoms. The Hall–Kier alpha value is -2.50. The third kappa shape index (κ3) is 3.28. The molecule has 1 heterocycles. The maximum Gasteiger partial charge on any atom is 0.328 e. The summed E-state index contributed by atoms with van der Waals surface area (Å²) in [5.74, 6) is -0.147. The van der Waals surface area contributed by atoms with E-state index in [2.05, 4.69) is 5.32 Å². The van der Waals surface area contributed by atoms with E-state index in [0.717, 1.165) is 0 Å². The number of aryl methyl sites for hydroxylation is 2. The van der Waals surface area contributed by atoms with Crippen LogP contribution in [0.3, 0.4) is 0 Å². The number of carbonyl (C=O) groups is 1. The molecule has 0 aliphatic rings. The summed E-state index contributed by atoms with van der Waals surface area (Å²) in [6.07, 6.45) is 3.65. The van der Waals surface area contributed by atoms with Gasteiger partial charge in [0.1, 0.15) is 0 Å². The Morgan fingerprint density at radius 1 is 1.30 bits per heavy atom. The van der Waals surface area contributed by atoms with Crippen molar-refractivity contribution in [2.45, 2.75) is 26.4 Å². The second kappa shape index (κ2) is 6.10. The van der Waals surface area contributed by atoms with Crippen LogP contribution in [0, 0.1) is 0 Å². The third-order valence-corrected chi connectivity index (χ3v) is 3.01. The second-order valence-electron chi connectivity index (χ2n) is 4.48. The highest BCUT2D eigenvalue weighted by molar-refractivity contribution is 5.91. The maximum atomic E-state index is 11.8. The standard InChI is InChI=1S/C14H18N4O2/c1-2-17-8-9-18(14(17)20)7-6-13(19)16-12-5-3-4-11(15)10-12/h3-5,8-10H,2,6-7,15H2,1H3,(H,16,19). The molecule has 0 atom stereocenters. The summed E-state index contributed by atoms with van der Waals surface area (Å²) in [6, 6.07) is 6.99. The van der Waals surface area contributed by atoms with Gasteiger partial charge in [0.25, 0.3) is 0 Å². The highest BCUT2D eigenvalue weighted by atomic mass is 16.2. The average Bonchev–Trinajstić information content (AvgIpc) is 2.77. The van der Waals surface area contributed by atoms with E-state index >= 15 is 0 Å². The maximum absolute atomic E-state index is 11.8. The molecule has 0 unspecified atom stereocenters. The predicted octanol–water partition coefficient (Wildman–Crippen LogP) is 1.28. The van der Waals surface area contributed by atoms with Gasteiger partial charge >= 0.3 is 5.69 Å². The van der Waals surface area contributed by atoms with E-state index in [1.54, 1.807) is 41.2 Å². The third-order valence-electron chi connectivity index (χ3n) is 3.01. The molecule has 0 radical (unpaired) electrons. The minimum atomic E-state index is -0.147. The fraction of sp³-hybridized carbons (Fsp3) is 0.286. The van der Waals surface area contributed by atoms with Crippen molar-refractivity contribution in [2.75, 3.05) is 11.1 Å². The van der Waals surface area contributed by atoms with Crippen molar-refractivity contribution in [3.05, 3.63) is 47.1 Å². The quantitative estimate of drug-likeness (QED) is 0.806. The van der Waals surface area contributed by atoms with Crippen molar-refractivity contribution >= 4 is 17.3 Å². The highest BCUT2D eigenvalue weighted by Gasteiger charge is 2.06. The van der Waals surface area contributed by atoms with Crippen molar-refractivity contribution in [3.63, 3.8) is 0 Å². The van der Waals surface area contributed by atoms with Gasteiger partial charge in [-0.1, -0.05) is 6.07 Å². The molecule has 0 spiro atoms. The number of hydrogen-bond acceptors (Lipinski definition) is 3. The molecule has 2 rings (SSSR count). The second-order valence-corrected chi connectivity index (χ2v) is 4.48. The summed E-state index contributed by atoms with van der Waals surface area (Å²) in [4.78, 5) is 23.6. The van der Waals surface area contributed by atoms with Crippen molar-refractivity contribution in [1.82, 2.24) is 9.13 Å². The largest absolute Gasteiger partial charge is 0.399 e. The fourth-order valence-electron chi connectivity index (χ4n) is 1.93. The summed E-state index contributed by atoms with van der Waals surface area (Å²) < 4.78 is 3.12. The van der Waals surface area contributed by atoms with Crippen LogP contribution >= 0.6 is 0 Å². The first kappa shape index (κ1) is 13.9. The van der Waals surface area contributed by atoms with Crippen molar-refractivity contribution in [3.8, 4) is 0 Å². The molecule has 6 nitrogen and oxygen atoms in total. The Labute approximate surface area is 116 Å². The molecule has 6 heteroatoms. The fourth-order valence-corrected chi connectivity index (χ4v) is 1.93. The zero-order valence-corrected chi connectivity index (χ0v) is 11.4. The molecule has 0 fully saturated rings. The van der Waals surface area contributed by atoms with Crippen LogP contribution in [0.2, 0.25) is 0 Å². The van der Waals surface area contributed by atoms with Gasteiger partial charge in [-0.15, -0.1) is 0 Å². The Morgan fingerprint density at radius 2 is 2.05 bits per heavy atom. The van der Waals surface area contributed by atoms with Gasteiger partial charge in [0.2, 0.25) is 5.91 Å². The molecular weight excluding hydrogens is 256 g/mol. The first-order valence-corrected chi connectivity index (χ1v) is 6.51. The van der Waals surface area contributed by atoms with E-state index in [-0.39, 0.29) is 18.0 Å². The highest BCUT2D eigenvalue weighted by Crippen LogP contribution is 2.11. The Balaban J connectivity index is 1.92. The van der Waals surface area contributed by atoms with Crippen molar-refractivity contribution in [2.24, 2.45) is 0 Å². The van der Waals surface area contributed by atoms with Gasteiger partial charge < -0.3 is 11.1 Å². The molecule has 1 amide bonds. The lowest BCUT2D eigenvalue weighted by atomic mass is 10.2. The lowest BCUT2D eigenvalue weighted by Gasteiger charge is -2.06. The van der Waals surface area contributed by atoms with Crippen LogP contribution in [-0.4, -0.2) is 15.0 Å². The number of amides is 1. The smallest absolute Gasteiger partial charge is 0.328 e. The number of nitrogens with two attached hydrogens (primary N) is 1. The summed E-state index contributed by atoms with van der Waals surface area (Å²) in [5.41, 5.74) is 6.80. The molecule has 3 N–H and O–H groups in total. The normalized spacial score (nSPS) is 10.4. The van der Waals surface area contributed by atoms with Crippen LogP contribution in [-0.2, 0) is 17.9 Å². The summed E-state index contributed by atoms with van der Waals surface area (Å²) in [6.45, 7) is 2.89. The number of anilines is 2. The van der Waals surface area contributed by atoms with Crippen molar-refractivity contribution in [1.29, 1.82) is 0 Å². The van der Waals surface area contributed by atoms with Crippen LogP contribution in [0.5, 0.6) is 0 Å². The molecule has 20 heavy (non-hydrogen) atoms. The monoisotopic (exact) mass is 274 g/mol. The van der Waals surface area contributed by atoms with E-state index in [4.69, 9.17) is 5.73 Å². The summed E-state index contributed by atoms with van der Waals surface area (Å²) >= 11 is 0. The number of rotatable bonds is 5. The van der Waals surface area contributed by atoms with Gasteiger partial charge in [0, 0.05) is 43.3 Å². The van der Waals surface area contributed by atoms with Gasteiger partial charge in [0.15, 0.2) is 0 Å². The molecule has 1 aromatic heterocycles. The van der Waals surface area contributed by atoms with Gasteiger partial charge in [-0.05, 0) is 25.1 Å². The minimum Gasteiger partial charge on any atom is -0.399 e. The summed E-state index contributed by atoms with van der Waals surface area (Å²) in [7, 11) is 0. The Morgan fingerprint density at radius 3 is 2.70 bits per heavy atom. The van der Waals surface area contributed by atoms with E-state index in [1.807, 2.05) is 6.92 Å². The number of hydrogen-bond donors (Lipinski definition) is 2. The van der Waals surface area contributed by atoms with E-state index in [9.17, 15) is 9.59 Å². The van der Waals surface area contributed by atoms with E-state index < -0.39 is 0 Å². The summed E-state index contributed by atoms with van der Waals surface area (Å²) in [5, 5.41) is 2.75. The first-order valence-electron chi connectivity index (χ1n) is 6.51. The molecule has 0 aliphatic heterocycles. The number of nitrogens with zero attached hydrogens (tertiary/aromatic N) is 2. The van der Waals surface area contributed by atoms with Crippen molar-refractivity contribution < 1.29 is 4.79 Å². The van der Waals surface area contributed by atoms with Gasteiger partial charge in [-0.3, -0.25) is 13.9 Å². The predicted molar refractivity (Wildman–Crippen MR) is 78.5 cm³/mol. The molecule has 0 saturated heterocycles. The van der Waals surface area contributed by atoms with Crippen LogP contribution in [0.25, 0.3) is 0 Å². The average molecular weight is 274 g/mol. The Bertz CT molecular complexity index is 657. The Kier molecular flexibility index (Phi) is 4.24. The number of benzene rings is 1. The number of carbonyl (C=O) groups excluding carboxylic acids is 1. The van der Waals surface area contributed by atoms with Gasteiger partial charge in [-0.25, -0.2) is 4.79 Å². The zero-order valence-electron chi connectivity index (χ0n) is 11.4. The van der Waals surface area contributed by atoms with Crippen LogP contribution in [0.15, 0.2) is 41.5 Å². The zero-order chi connectivity index (χ0) is 14.5. The first-order chi connectivity index (χ1) is 9.60. The van der Waals surface area contributed by atoms with Gasteiger partial charge in [-0.2, -0.15) is 0 Å². The van der Waals surface area contributed by atoms with E-state index in [1.165, 1.54) is 4.57 Å². The van der Waals surface area contributed by atoms with E-state index in [0.29, 0.717) is 24.5 Å².